The van der Waals surface area contributed by atoms with Gasteiger partial charge in [0.25, 0.3) is 11.1 Å². The molecule has 0 aliphatic heterocycles. The van der Waals surface area contributed by atoms with Gasteiger partial charge in [0, 0.05) is 11.1 Å². The maximum atomic E-state index is 12.5. The van der Waals surface area contributed by atoms with Gasteiger partial charge < -0.3 is 19.7 Å². The zero-order chi connectivity index (χ0) is 22.1. The van der Waals surface area contributed by atoms with Gasteiger partial charge in [-0.05, 0) is 24.3 Å². The van der Waals surface area contributed by atoms with Gasteiger partial charge in [0.1, 0.15) is 10.7 Å². The fourth-order valence-electron chi connectivity index (χ4n) is 3.02. The molecule has 0 radical (unpaired) electrons. The van der Waals surface area contributed by atoms with Crippen molar-refractivity contribution in [2.45, 2.75) is 26.2 Å². The van der Waals surface area contributed by atoms with Crippen LogP contribution in [0.5, 0.6) is 5.75 Å². The van der Waals surface area contributed by atoms with Crippen molar-refractivity contribution in [1.29, 1.82) is 0 Å². The smallest absolute Gasteiger partial charge is 0.318 e. The van der Waals surface area contributed by atoms with Gasteiger partial charge in [-0.25, -0.2) is 4.98 Å². The fraction of sp³-hybridized carbons (Fsp3) is 0.250. The summed E-state index contributed by atoms with van der Waals surface area (Å²) in [5.41, 5.74) is -0.245. The maximum Gasteiger partial charge on any atom is 0.318 e. The molecule has 2 heterocycles. The van der Waals surface area contributed by atoms with E-state index in [4.69, 9.17) is 4.74 Å². The number of aromatic amines is 3. The molecular weight excluding hydrogens is 390 g/mol. The number of aromatic nitrogens is 4. The molecule has 0 amide bonds. The fourth-order valence-corrected chi connectivity index (χ4v) is 3.02. The molecule has 3 aromatic rings. The molecule has 156 valence electrons. The Hall–Kier alpha value is -3.95. The van der Waals surface area contributed by atoms with Crippen LogP contribution in [0.1, 0.15) is 37.7 Å². The maximum absolute atomic E-state index is 12.5. The minimum atomic E-state index is -0.606. The number of nitro groups is 1. The highest BCUT2D eigenvalue weighted by molar-refractivity contribution is 5.65. The Bertz CT molecular complexity index is 1340. The summed E-state index contributed by atoms with van der Waals surface area (Å²) in [7, 11) is 1.31. The largest absolute Gasteiger partial charge is 0.490 e. The van der Waals surface area contributed by atoms with E-state index in [2.05, 4.69) is 19.9 Å². The Balaban J connectivity index is 2.19. The molecular formula is C20H21N5O5. The van der Waals surface area contributed by atoms with E-state index in [9.17, 15) is 19.7 Å². The topological polar surface area (TPSA) is 147 Å². The Morgan fingerprint density at radius 1 is 1.10 bits per heavy atom. The van der Waals surface area contributed by atoms with Crippen molar-refractivity contribution in [2.24, 2.45) is 0 Å². The summed E-state index contributed by atoms with van der Waals surface area (Å²) in [6.07, 6.45) is 4.23. The van der Waals surface area contributed by atoms with E-state index in [-0.39, 0.29) is 33.1 Å². The highest BCUT2D eigenvalue weighted by Gasteiger charge is 2.20. The summed E-state index contributed by atoms with van der Waals surface area (Å²) >= 11 is 0. The van der Waals surface area contributed by atoms with Crippen LogP contribution in [0.2, 0.25) is 0 Å². The molecule has 0 unspecified atom stereocenters. The van der Waals surface area contributed by atoms with Crippen LogP contribution < -0.4 is 26.6 Å². The Kier molecular flexibility index (Phi) is 5.41. The van der Waals surface area contributed by atoms with E-state index in [0.717, 1.165) is 5.69 Å². The molecule has 2 aromatic heterocycles. The summed E-state index contributed by atoms with van der Waals surface area (Å²) in [4.78, 5) is 48.1. The number of nitrogens with one attached hydrogen (secondary N) is 3. The number of nitrogens with zero attached hydrogens (tertiary/aromatic N) is 2. The lowest BCUT2D eigenvalue weighted by Gasteiger charge is -2.16. The van der Waals surface area contributed by atoms with Gasteiger partial charge in [-0.2, -0.15) is 0 Å². The normalized spacial score (nSPS) is 12.9. The monoisotopic (exact) mass is 411 g/mol. The van der Waals surface area contributed by atoms with Crippen molar-refractivity contribution >= 4 is 17.8 Å². The molecule has 10 nitrogen and oxygen atoms in total. The van der Waals surface area contributed by atoms with Crippen LogP contribution in [-0.4, -0.2) is 32.0 Å². The zero-order valence-corrected chi connectivity index (χ0v) is 16.9. The van der Waals surface area contributed by atoms with Gasteiger partial charge in [0.2, 0.25) is 0 Å². The van der Waals surface area contributed by atoms with E-state index in [1.807, 2.05) is 20.8 Å². The Morgan fingerprint density at radius 2 is 1.73 bits per heavy atom. The lowest BCUT2D eigenvalue weighted by molar-refractivity contribution is -0.386. The molecule has 3 N–H and O–H groups in total. The zero-order valence-electron chi connectivity index (χ0n) is 16.9. The second-order valence-corrected chi connectivity index (χ2v) is 7.59. The summed E-state index contributed by atoms with van der Waals surface area (Å²) in [5, 5.41) is 11.3. The molecule has 0 saturated carbocycles. The average molecular weight is 411 g/mol. The van der Waals surface area contributed by atoms with Crippen molar-refractivity contribution < 1.29 is 9.66 Å². The third kappa shape index (κ3) is 4.07. The molecule has 30 heavy (non-hydrogen) atoms. The molecule has 0 atom stereocenters. The SMILES string of the molecule is COc1cccc(C=c2[nH]c(=O)c(=Cc3nc[nH]c3C(C)(C)C)[nH]c2=O)c1[N+](=O)[O-]. The number of H-pyrrole nitrogens is 3. The van der Waals surface area contributed by atoms with Gasteiger partial charge in [0.05, 0.1) is 29.6 Å². The van der Waals surface area contributed by atoms with Gasteiger partial charge in [-0.3, -0.25) is 19.7 Å². The van der Waals surface area contributed by atoms with E-state index in [1.165, 1.54) is 37.7 Å². The van der Waals surface area contributed by atoms with Crippen molar-refractivity contribution in [1.82, 2.24) is 19.9 Å². The van der Waals surface area contributed by atoms with Gasteiger partial charge in [-0.1, -0.05) is 26.8 Å². The number of hydrogen-bond acceptors (Lipinski definition) is 6. The summed E-state index contributed by atoms with van der Waals surface area (Å²) in [6.45, 7) is 5.97. The number of ether oxygens (including phenoxy) is 1. The molecule has 0 bridgehead atoms. The van der Waals surface area contributed by atoms with Crippen molar-refractivity contribution in [3.8, 4) is 5.75 Å². The third-order valence-corrected chi connectivity index (χ3v) is 4.42. The lowest BCUT2D eigenvalue weighted by Crippen LogP contribution is -2.46. The standard InChI is InChI=1S/C20H21N5O5/c1-20(2,3)17-12(21-10-22-17)9-14-19(27)23-13(18(26)24-14)8-11-6-5-7-15(30-4)16(11)25(28)29/h5-10H,1-4H3,(H,21,22)(H,23,27)(H,24,26). The second kappa shape index (κ2) is 7.82. The molecule has 0 saturated heterocycles. The lowest BCUT2D eigenvalue weighted by atomic mass is 9.90. The average Bonchev–Trinajstić information content (AvgIpc) is 3.14. The predicted octanol–water partition coefficient (Wildman–Crippen LogP) is 0.658. The first-order chi connectivity index (χ1) is 14.1. The van der Waals surface area contributed by atoms with Crippen molar-refractivity contribution in [2.75, 3.05) is 7.11 Å². The van der Waals surface area contributed by atoms with E-state index >= 15 is 0 Å². The first-order valence-corrected chi connectivity index (χ1v) is 9.03. The second-order valence-electron chi connectivity index (χ2n) is 7.59. The molecule has 0 aliphatic rings. The van der Waals surface area contributed by atoms with E-state index in [0.29, 0.717) is 5.69 Å². The molecule has 10 heteroatoms. The minimum absolute atomic E-state index is 0.0230. The van der Waals surface area contributed by atoms with Crippen molar-refractivity contribution in [3.63, 3.8) is 0 Å². The number of nitro benzene ring substituents is 1. The summed E-state index contributed by atoms with van der Waals surface area (Å²) < 4.78 is 5.02. The molecule has 0 fully saturated rings. The molecule has 1 aromatic carbocycles. The Morgan fingerprint density at radius 3 is 2.30 bits per heavy atom. The summed E-state index contributed by atoms with van der Waals surface area (Å²) in [6, 6.07) is 4.45. The van der Waals surface area contributed by atoms with Crippen LogP contribution in [0, 0.1) is 10.1 Å². The number of para-hydroxylation sites is 1. The highest BCUT2D eigenvalue weighted by Crippen LogP contribution is 2.30. The first kappa shape index (κ1) is 20.8. The summed E-state index contributed by atoms with van der Waals surface area (Å²) in [5.74, 6) is 0.0470. The van der Waals surface area contributed by atoms with Crippen LogP contribution in [0.4, 0.5) is 5.69 Å². The van der Waals surface area contributed by atoms with Crippen LogP contribution in [0.25, 0.3) is 12.2 Å². The molecule has 0 spiro atoms. The van der Waals surface area contributed by atoms with E-state index < -0.39 is 16.0 Å². The number of rotatable bonds is 4. The van der Waals surface area contributed by atoms with Gasteiger partial charge in [-0.15, -0.1) is 0 Å². The number of hydrogen-bond donors (Lipinski definition) is 3. The third-order valence-electron chi connectivity index (χ3n) is 4.42. The number of methoxy groups -OCH3 is 1. The molecule has 0 aliphatic carbocycles. The predicted molar refractivity (Wildman–Crippen MR) is 111 cm³/mol. The van der Waals surface area contributed by atoms with E-state index in [1.54, 1.807) is 6.07 Å². The van der Waals surface area contributed by atoms with Crippen LogP contribution in [0.3, 0.4) is 0 Å². The first-order valence-electron chi connectivity index (χ1n) is 9.03. The number of imidazole rings is 1. The van der Waals surface area contributed by atoms with Crippen LogP contribution in [0.15, 0.2) is 34.1 Å². The van der Waals surface area contributed by atoms with Crippen molar-refractivity contribution in [3.05, 3.63) is 83.0 Å². The quantitative estimate of drug-likeness (QED) is 0.424. The van der Waals surface area contributed by atoms with Crippen LogP contribution >= 0.6 is 0 Å². The van der Waals surface area contributed by atoms with Gasteiger partial charge in [0.15, 0.2) is 5.75 Å². The number of benzene rings is 1. The minimum Gasteiger partial charge on any atom is -0.490 e. The Labute approximate surface area is 170 Å². The van der Waals surface area contributed by atoms with Crippen LogP contribution in [-0.2, 0) is 5.41 Å². The van der Waals surface area contributed by atoms with Gasteiger partial charge >= 0.3 is 5.69 Å². The highest BCUT2D eigenvalue weighted by atomic mass is 16.6. The molecule has 3 rings (SSSR count).